The smallest absolute Gasteiger partial charge is 0.303 e. The molecule has 0 heterocycles. The minimum Gasteiger partial charge on any atom is -0.481 e. The van der Waals surface area contributed by atoms with Gasteiger partial charge in [0.2, 0.25) is 0 Å². The van der Waals surface area contributed by atoms with Crippen molar-refractivity contribution in [1.29, 1.82) is 0 Å². The Hall–Kier alpha value is -1.10. The van der Waals surface area contributed by atoms with Crippen LogP contribution in [0.2, 0.25) is 0 Å². The first kappa shape index (κ1) is 18.9. The number of halogens is 1. The number of rotatable bonds is 10. The molecule has 0 saturated carbocycles. The van der Waals surface area contributed by atoms with E-state index in [1.165, 1.54) is 5.56 Å². The van der Waals surface area contributed by atoms with E-state index in [2.05, 4.69) is 17.0 Å². The maximum Gasteiger partial charge on any atom is 0.303 e. The number of nitrogens with zero attached hydrogens (tertiary/aromatic N) is 1. The highest BCUT2D eigenvalue weighted by atomic mass is 35.5. The van der Waals surface area contributed by atoms with E-state index in [9.17, 15) is 4.79 Å². The lowest BCUT2D eigenvalue weighted by Gasteiger charge is -2.22. The summed E-state index contributed by atoms with van der Waals surface area (Å²) < 4.78 is 0. The molecule has 0 aliphatic heterocycles. The van der Waals surface area contributed by atoms with E-state index >= 15 is 0 Å². The molecule has 20 heavy (non-hydrogen) atoms. The molecule has 0 atom stereocenters. The fourth-order valence-electron chi connectivity index (χ4n) is 2.02. The highest BCUT2D eigenvalue weighted by molar-refractivity contribution is 5.85. The van der Waals surface area contributed by atoms with E-state index in [1.807, 2.05) is 18.2 Å². The molecule has 0 bridgehead atoms. The molecule has 0 amide bonds. The number of benzene rings is 1. The van der Waals surface area contributed by atoms with E-state index in [1.54, 1.807) is 0 Å². The van der Waals surface area contributed by atoms with Crippen molar-refractivity contribution in [2.24, 2.45) is 0 Å². The lowest BCUT2D eigenvalue weighted by molar-refractivity contribution is -0.137. The summed E-state index contributed by atoms with van der Waals surface area (Å²) in [5.74, 6) is -0.732. The van der Waals surface area contributed by atoms with Crippen LogP contribution in [-0.4, -0.2) is 40.8 Å². The van der Waals surface area contributed by atoms with Crippen LogP contribution < -0.4 is 0 Å². The van der Waals surface area contributed by atoms with E-state index in [0.717, 1.165) is 32.5 Å². The number of hydrogen-bond acceptors (Lipinski definition) is 3. The molecule has 0 saturated heterocycles. The Morgan fingerprint density at radius 1 is 1.05 bits per heavy atom. The zero-order valence-electron chi connectivity index (χ0n) is 11.7. The highest BCUT2D eigenvalue weighted by Crippen LogP contribution is 2.07. The van der Waals surface area contributed by atoms with E-state index in [0.29, 0.717) is 6.42 Å². The molecule has 0 fully saturated rings. The zero-order valence-corrected chi connectivity index (χ0v) is 12.5. The monoisotopic (exact) mass is 301 g/mol. The van der Waals surface area contributed by atoms with Crippen LogP contribution in [0.25, 0.3) is 0 Å². The number of carbonyl (C=O) groups is 1. The summed E-state index contributed by atoms with van der Waals surface area (Å²) in [6, 6.07) is 10.2. The highest BCUT2D eigenvalue weighted by Gasteiger charge is 2.06. The van der Waals surface area contributed by atoms with Gasteiger partial charge in [-0.2, -0.15) is 0 Å². The van der Waals surface area contributed by atoms with Crippen molar-refractivity contribution in [1.82, 2.24) is 4.90 Å². The minimum absolute atomic E-state index is 0. The van der Waals surface area contributed by atoms with Crippen LogP contribution in [0.1, 0.15) is 31.2 Å². The first-order chi connectivity index (χ1) is 9.22. The predicted molar refractivity (Wildman–Crippen MR) is 82.2 cm³/mol. The zero-order chi connectivity index (χ0) is 13.9. The Balaban J connectivity index is 0.00000361. The SMILES string of the molecule is Cl.O=C(O)CCCCN(CCCO)Cc1ccccc1. The molecule has 1 aromatic rings. The van der Waals surface area contributed by atoms with E-state index < -0.39 is 5.97 Å². The first-order valence-corrected chi connectivity index (χ1v) is 6.81. The van der Waals surface area contributed by atoms with Gasteiger partial charge in [-0.15, -0.1) is 12.4 Å². The van der Waals surface area contributed by atoms with Crippen LogP contribution in [0.5, 0.6) is 0 Å². The van der Waals surface area contributed by atoms with E-state index in [-0.39, 0.29) is 25.4 Å². The Morgan fingerprint density at radius 2 is 1.70 bits per heavy atom. The molecule has 0 aliphatic carbocycles. The number of aliphatic hydroxyl groups excluding tert-OH is 1. The standard InChI is InChI=1S/C15H23NO3.ClH/c17-12-6-11-16(10-5-4-9-15(18)19)13-14-7-2-1-3-8-14;/h1-3,7-8,17H,4-6,9-13H2,(H,18,19);1H. The maximum absolute atomic E-state index is 10.5. The van der Waals surface area contributed by atoms with Gasteiger partial charge in [-0.1, -0.05) is 30.3 Å². The van der Waals surface area contributed by atoms with Crippen LogP contribution in [0, 0.1) is 0 Å². The third-order valence-corrected chi connectivity index (χ3v) is 3.00. The molecule has 4 nitrogen and oxygen atoms in total. The second kappa shape index (κ2) is 11.7. The van der Waals surface area contributed by atoms with Gasteiger partial charge in [-0.05, 0) is 31.4 Å². The van der Waals surface area contributed by atoms with Gasteiger partial charge in [0, 0.05) is 26.1 Å². The Labute approximate surface area is 126 Å². The maximum atomic E-state index is 10.5. The second-order valence-corrected chi connectivity index (χ2v) is 4.69. The number of hydrogen-bond donors (Lipinski definition) is 2. The largest absolute Gasteiger partial charge is 0.481 e. The topological polar surface area (TPSA) is 60.8 Å². The van der Waals surface area contributed by atoms with Crippen LogP contribution in [0.3, 0.4) is 0 Å². The molecule has 5 heteroatoms. The number of carboxylic acid groups (broad SMARTS) is 1. The Bertz CT molecular complexity index is 359. The summed E-state index contributed by atoms with van der Waals surface area (Å²) in [7, 11) is 0. The fourth-order valence-corrected chi connectivity index (χ4v) is 2.02. The molecular weight excluding hydrogens is 278 g/mol. The van der Waals surface area contributed by atoms with Crippen molar-refractivity contribution >= 4 is 18.4 Å². The number of carboxylic acids is 1. The number of aliphatic carboxylic acids is 1. The van der Waals surface area contributed by atoms with Crippen molar-refractivity contribution < 1.29 is 15.0 Å². The molecule has 2 N–H and O–H groups in total. The van der Waals surface area contributed by atoms with Crippen molar-refractivity contribution in [3.8, 4) is 0 Å². The summed E-state index contributed by atoms with van der Waals surface area (Å²) in [5, 5.41) is 17.5. The van der Waals surface area contributed by atoms with E-state index in [4.69, 9.17) is 10.2 Å². The van der Waals surface area contributed by atoms with Gasteiger partial charge in [0.15, 0.2) is 0 Å². The van der Waals surface area contributed by atoms with Crippen LogP contribution in [0.4, 0.5) is 0 Å². The first-order valence-electron chi connectivity index (χ1n) is 6.81. The van der Waals surface area contributed by atoms with Crippen LogP contribution in [0.15, 0.2) is 30.3 Å². The van der Waals surface area contributed by atoms with Gasteiger partial charge in [0.25, 0.3) is 0 Å². The third kappa shape index (κ3) is 8.91. The average molecular weight is 302 g/mol. The molecule has 0 radical (unpaired) electrons. The lowest BCUT2D eigenvalue weighted by Crippen LogP contribution is -2.26. The molecule has 0 spiro atoms. The van der Waals surface area contributed by atoms with Gasteiger partial charge in [-0.3, -0.25) is 9.69 Å². The van der Waals surface area contributed by atoms with Gasteiger partial charge in [0.1, 0.15) is 0 Å². The average Bonchev–Trinajstić information content (AvgIpc) is 2.41. The molecule has 114 valence electrons. The van der Waals surface area contributed by atoms with Crippen molar-refractivity contribution in [2.45, 2.75) is 32.2 Å². The number of aliphatic hydroxyl groups is 1. The molecule has 1 aromatic carbocycles. The summed E-state index contributed by atoms with van der Waals surface area (Å²) in [6.07, 6.45) is 2.58. The van der Waals surface area contributed by atoms with Crippen molar-refractivity contribution in [3.63, 3.8) is 0 Å². The summed E-state index contributed by atoms with van der Waals surface area (Å²) in [4.78, 5) is 12.7. The normalized spacial score (nSPS) is 10.3. The second-order valence-electron chi connectivity index (χ2n) is 4.69. The quantitative estimate of drug-likeness (QED) is 0.652. The Morgan fingerprint density at radius 3 is 2.30 bits per heavy atom. The van der Waals surface area contributed by atoms with Gasteiger partial charge < -0.3 is 10.2 Å². The predicted octanol–water partition coefficient (Wildman–Crippen LogP) is 2.55. The van der Waals surface area contributed by atoms with Gasteiger partial charge in [-0.25, -0.2) is 0 Å². The minimum atomic E-state index is -0.732. The molecule has 0 aliphatic rings. The lowest BCUT2D eigenvalue weighted by atomic mass is 10.2. The summed E-state index contributed by atoms with van der Waals surface area (Å²) in [6.45, 7) is 2.77. The molecule has 0 aromatic heterocycles. The fraction of sp³-hybridized carbons (Fsp3) is 0.533. The summed E-state index contributed by atoms with van der Waals surface area (Å²) >= 11 is 0. The molecule has 1 rings (SSSR count). The van der Waals surface area contributed by atoms with Gasteiger partial charge in [0.05, 0.1) is 0 Å². The van der Waals surface area contributed by atoms with Crippen molar-refractivity contribution in [2.75, 3.05) is 19.7 Å². The van der Waals surface area contributed by atoms with Gasteiger partial charge >= 0.3 is 5.97 Å². The molecule has 0 unspecified atom stereocenters. The summed E-state index contributed by atoms with van der Waals surface area (Å²) in [5.41, 5.74) is 1.25. The van der Waals surface area contributed by atoms with Crippen LogP contribution >= 0.6 is 12.4 Å². The molecular formula is C15H24ClNO3. The number of unbranched alkanes of at least 4 members (excludes halogenated alkanes) is 1. The Kier molecular flexibility index (Phi) is 11.1. The van der Waals surface area contributed by atoms with Crippen LogP contribution in [-0.2, 0) is 11.3 Å². The van der Waals surface area contributed by atoms with Crippen molar-refractivity contribution in [3.05, 3.63) is 35.9 Å². The third-order valence-electron chi connectivity index (χ3n) is 3.00.